The van der Waals surface area contributed by atoms with Gasteiger partial charge in [-0.25, -0.2) is 4.98 Å². The Morgan fingerprint density at radius 1 is 1.64 bits per heavy atom. The third-order valence-electron chi connectivity index (χ3n) is 2.06. The molecule has 0 spiro atoms. The number of allylic oxidation sites excluding steroid dienone is 2. The Morgan fingerprint density at radius 3 is 3.00 bits per heavy atom. The van der Waals surface area contributed by atoms with E-state index in [1.54, 1.807) is 12.3 Å². The molecule has 0 aliphatic heterocycles. The molecule has 0 aliphatic carbocycles. The minimum atomic E-state index is 0.176. The van der Waals surface area contributed by atoms with Gasteiger partial charge < -0.3 is 4.57 Å². The molecule has 0 fully saturated rings. The number of aryl methyl sites for hydroxylation is 2. The summed E-state index contributed by atoms with van der Waals surface area (Å²) in [6.07, 6.45) is 9.36. The molecule has 76 valence electrons. The van der Waals surface area contributed by atoms with Crippen molar-refractivity contribution in [2.24, 2.45) is 7.05 Å². The second-order valence-electron chi connectivity index (χ2n) is 3.23. The van der Waals surface area contributed by atoms with E-state index in [9.17, 15) is 4.79 Å². The molecule has 3 nitrogen and oxygen atoms in total. The summed E-state index contributed by atoms with van der Waals surface area (Å²) >= 11 is 0. The van der Waals surface area contributed by atoms with Crippen LogP contribution in [0.15, 0.2) is 24.5 Å². The predicted octanol–water partition coefficient (Wildman–Crippen LogP) is 1.89. The Morgan fingerprint density at radius 2 is 2.43 bits per heavy atom. The molecule has 0 radical (unpaired) electrons. The third kappa shape index (κ3) is 3.17. The molecule has 0 aromatic carbocycles. The highest BCUT2D eigenvalue weighted by Gasteiger charge is 2.01. The highest BCUT2D eigenvalue weighted by Crippen LogP contribution is 2.00. The summed E-state index contributed by atoms with van der Waals surface area (Å²) in [5.41, 5.74) is 0. The van der Waals surface area contributed by atoms with Gasteiger partial charge in [-0.2, -0.15) is 0 Å². The number of carbonyl (C=O) groups excluding carboxylic acids is 1. The lowest BCUT2D eigenvalue weighted by atomic mass is 10.2. The minimum Gasteiger partial charge on any atom is -0.338 e. The van der Waals surface area contributed by atoms with Gasteiger partial charge in [-0.1, -0.05) is 13.0 Å². The molecule has 0 saturated heterocycles. The van der Waals surface area contributed by atoms with E-state index in [4.69, 9.17) is 0 Å². The molecule has 1 rings (SSSR count). The van der Waals surface area contributed by atoms with Gasteiger partial charge in [-0.05, 0) is 12.5 Å². The van der Waals surface area contributed by atoms with Crippen molar-refractivity contribution < 1.29 is 4.79 Å². The van der Waals surface area contributed by atoms with Gasteiger partial charge in [0.1, 0.15) is 5.82 Å². The van der Waals surface area contributed by atoms with Crippen molar-refractivity contribution in [3.8, 4) is 0 Å². The lowest BCUT2D eigenvalue weighted by molar-refractivity contribution is -0.114. The Bertz CT molecular complexity index is 326. The topological polar surface area (TPSA) is 34.9 Å². The van der Waals surface area contributed by atoms with Crippen molar-refractivity contribution in [1.82, 2.24) is 9.55 Å². The lowest BCUT2D eigenvalue weighted by Crippen LogP contribution is -2.01. The fourth-order valence-corrected chi connectivity index (χ4v) is 1.21. The van der Waals surface area contributed by atoms with Crippen molar-refractivity contribution in [2.45, 2.75) is 26.2 Å². The Balaban J connectivity index is 2.38. The van der Waals surface area contributed by atoms with Crippen molar-refractivity contribution in [3.05, 3.63) is 30.4 Å². The molecule has 0 unspecified atom stereocenters. The van der Waals surface area contributed by atoms with E-state index in [0.29, 0.717) is 6.42 Å². The summed E-state index contributed by atoms with van der Waals surface area (Å²) in [5.74, 6) is 1.14. The van der Waals surface area contributed by atoms with Crippen LogP contribution in [-0.4, -0.2) is 15.3 Å². The predicted molar refractivity (Wildman–Crippen MR) is 56.0 cm³/mol. The van der Waals surface area contributed by atoms with E-state index in [-0.39, 0.29) is 5.78 Å². The van der Waals surface area contributed by atoms with Crippen molar-refractivity contribution in [2.75, 3.05) is 0 Å². The van der Waals surface area contributed by atoms with Crippen LogP contribution in [0.5, 0.6) is 0 Å². The summed E-state index contributed by atoms with van der Waals surface area (Å²) in [6, 6.07) is 0. The number of rotatable bonds is 5. The molecule has 1 aromatic heterocycles. The van der Waals surface area contributed by atoms with Gasteiger partial charge >= 0.3 is 0 Å². The molecule has 0 atom stereocenters. The molecule has 14 heavy (non-hydrogen) atoms. The van der Waals surface area contributed by atoms with Crippen LogP contribution >= 0.6 is 0 Å². The van der Waals surface area contributed by atoms with Crippen LogP contribution in [0.2, 0.25) is 0 Å². The summed E-state index contributed by atoms with van der Waals surface area (Å²) in [6.45, 7) is 2.02. The largest absolute Gasteiger partial charge is 0.338 e. The average Bonchev–Trinajstić information content (AvgIpc) is 2.58. The van der Waals surface area contributed by atoms with Gasteiger partial charge in [0, 0.05) is 32.3 Å². The van der Waals surface area contributed by atoms with E-state index in [1.165, 1.54) is 0 Å². The fourth-order valence-electron chi connectivity index (χ4n) is 1.21. The van der Waals surface area contributed by atoms with Crippen LogP contribution in [0.3, 0.4) is 0 Å². The molecule has 0 N–H and O–H groups in total. The van der Waals surface area contributed by atoms with Gasteiger partial charge in [0.2, 0.25) is 0 Å². The number of aromatic nitrogens is 2. The maximum Gasteiger partial charge on any atom is 0.155 e. The quantitative estimate of drug-likeness (QED) is 0.668. The molecule has 1 heterocycles. The molecule has 0 saturated carbocycles. The number of ketones is 1. The Labute approximate surface area is 84.5 Å². The highest BCUT2D eigenvalue weighted by molar-refractivity contribution is 5.89. The Hall–Kier alpha value is -1.38. The maximum absolute atomic E-state index is 11.3. The molecule has 0 aliphatic rings. The first-order valence-electron chi connectivity index (χ1n) is 4.89. The number of hydrogen-bond donors (Lipinski definition) is 0. The third-order valence-corrected chi connectivity index (χ3v) is 2.06. The molecule has 3 heteroatoms. The summed E-state index contributed by atoms with van der Waals surface area (Å²) in [7, 11) is 1.94. The first-order valence-corrected chi connectivity index (χ1v) is 4.89. The van der Waals surface area contributed by atoms with Gasteiger partial charge in [0.05, 0.1) is 0 Å². The van der Waals surface area contributed by atoms with Gasteiger partial charge in [-0.3, -0.25) is 4.79 Å². The Kier molecular flexibility index (Phi) is 4.11. The van der Waals surface area contributed by atoms with Gasteiger partial charge in [0.25, 0.3) is 0 Å². The van der Waals surface area contributed by atoms with Crippen LogP contribution in [0.4, 0.5) is 0 Å². The zero-order valence-corrected chi connectivity index (χ0v) is 8.73. The van der Waals surface area contributed by atoms with Crippen LogP contribution in [0.25, 0.3) is 0 Å². The van der Waals surface area contributed by atoms with Crippen molar-refractivity contribution in [1.29, 1.82) is 0 Å². The fraction of sp³-hybridized carbons (Fsp3) is 0.455. The van der Waals surface area contributed by atoms with Crippen molar-refractivity contribution in [3.63, 3.8) is 0 Å². The first kappa shape index (κ1) is 10.7. The van der Waals surface area contributed by atoms with E-state index in [0.717, 1.165) is 18.7 Å². The van der Waals surface area contributed by atoms with E-state index in [1.807, 2.05) is 30.8 Å². The second kappa shape index (κ2) is 5.37. The zero-order chi connectivity index (χ0) is 10.4. The van der Waals surface area contributed by atoms with Crippen LogP contribution in [-0.2, 0) is 18.3 Å². The normalized spacial score (nSPS) is 11.0. The lowest BCUT2D eigenvalue weighted by Gasteiger charge is -1.98. The molecule has 0 amide bonds. The SMILES string of the molecule is CC/C=C/C(=O)CCc1nccn1C. The maximum atomic E-state index is 11.3. The van der Waals surface area contributed by atoms with E-state index in [2.05, 4.69) is 4.98 Å². The van der Waals surface area contributed by atoms with Crippen molar-refractivity contribution >= 4 is 5.78 Å². The summed E-state index contributed by atoms with van der Waals surface area (Å²) < 4.78 is 1.94. The summed E-state index contributed by atoms with van der Waals surface area (Å²) in [5, 5.41) is 0. The highest BCUT2D eigenvalue weighted by atomic mass is 16.1. The summed E-state index contributed by atoms with van der Waals surface area (Å²) in [4.78, 5) is 15.4. The van der Waals surface area contributed by atoms with Gasteiger partial charge in [-0.15, -0.1) is 0 Å². The molecule has 1 aromatic rings. The van der Waals surface area contributed by atoms with E-state index >= 15 is 0 Å². The first-order chi connectivity index (χ1) is 6.74. The number of hydrogen-bond acceptors (Lipinski definition) is 2. The van der Waals surface area contributed by atoms with E-state index < -0.39 is 0 Å². The number of nitrogens with zero attached hydrogens (tertiary/aromatic N) is 2. The van der Waals surface area contributed by atoms with Crippen LogP contribution < -0.4 is 0 Å². The number of carbonyl (C=O) groups is 1. The standard InChI is InChI=1S/C11H16N2O/c1-3-4-5-10(14)6-7-11-12-8-9-13(11)2/h4-5,8-9H,3,6-7H2,1-2H3/b5-4+. The molecule has 0 bridgehead atoms. The smallest absolute Gasteiger partial charge is 0.155 e. The van der Waals surface area contributed by atoms with Crippen LogP contribution in [0.1, 0.15) is 25.6 Å². The molecular formula is C11H16N2O. The molecular weight excluding hydrogens is 176 g/mol. The number of imidazole rings is 1. The van der Waals surface area contributed by atoms with Gasteiger partial charge in [0.15, 0.2) is 5.78 Å². The zero-order valence-electron chi connectivity index (χ0n) is 8.73. The monoisotopic (exact) mass is 192 g/mol. The van der Waals surface area contributed by atoms with Crippen LogP contribution in [0, 0.1) is 0 Å². The second-order valence-corrected chi connectivity index (χ2v) is 3.23. The minimum absolute atomic E-state index is 0.176. The average molecular weight is 192 g/mol.